The minimum Gasteiger partial charge on any atom is -0.300 e. The van der Waals surface area contributed by atoms with Crippen LogP contribution in [0.5, 0.6) is 0 Å². The third kappa shape index (κ3) is 7.69. The van der Waals surface area contributed by atoms with Crippen LogP contribution in [0.1, 0.15) is 139 Å². The number of rotatable bonds is 11. The van der Waals surface area contributed by atoms with Gasteiger partial charge in [-0.1, -0.05) is 73.4 Å². The Morgan fingerprint density at radius 2 is 1.66 bits per heavy atom. The van der Waals surface area contributed by atoms with Crippen molar-refractivity contribution in [1.82, 2.24) is 0 Å². The van der Waals surface area contributed by atoms with E-state index >= 15 is 0 Å². The minimum absolute atomic E-state index is 0.0135. The number of hydrogen-bond acceptors (Lipinski definition) is 4. The normalized spacial score (nSPS) is 17.2. The number of fused-ring (bicyclic) bond motifs is 1. The van der Waals surface area contributed by atoms with Gasteiger partial charge in [0.15, 0.2) is 11.6 Å². The average molecular weight is 485 g/mol. The van der Waals surface area contributed by atoms with Crippen LogP contribution in [0.2, 0.25) is 0 Å². The Bertz CT molecular complexity index is 909. The molecule has 0 saturated carbocycles. The van der Waals surface area contributed by atoms with Gasteiger partial charge in [-0.3, -0.25) is 19.2 Å². The van der Waals surface area contributed by atoms with Crippen molar-refractivity contribution in [3.8, 4) is 0 Å². The topological polar surface area (TPSA) is 68.3 Å². The van der Waals surface area contributed by atoms with Gasteiger partial charge in [-0.15, -0.1) is 0 Å². The highest BCUT2D eigenvalue weighted by atomic mass is 16.2. The summed E-state index contributed by atoms with van der Waals surface area (Å²) in [4.78, 5) is 50.9. The van der Waals surface area contributed by atoms with Gasteiger partial charge >= 0.3 is 0 Å². The first-order valence-electron chi connectivity index (χ1n) is 13.6. The maximum Gasteiger partial charge on any atom is 0.167 e. The van der Waals surface area contributed by atoms with Crippen molar-refractivity contribution >= 4 is 23.1 Å². The Morgan fingerprint density at radius 1 is 1.06 bits per heavy atom. The van der Waals surface area contributed by atoms with Crippen molar-refractivity contribution in [2.75, 3.05) is 0 Å². The molecule has 4 heteroatoms. The maximum atomic E-state index is 13.5. The zero-order chi connectivity index (χ0) is 26.9. The molecule has 4 nitrogen and oxygen atoms in total. The van der Waals surface area contributed by atoms with Gasteiger partial charge in [-0.25, -0.2) is 0 Å². The molecule has 0 spiro atoms. The second-order valence-corrected chi connectivity index (χ2v) is 10.9. The second kappa shape index (κ2) is 13.8. The van der Waals surface area contributed by atoms with E-state index in [2.05, 4.69) is 41.5 Å². The van der Waals surface area contributed by atoms with E-state index in [1.54, 1.807) is 0 Å². The summed E-state index contributed by atoms with van der Waals surface area (Å²) in [7, 11) is 0. The van der Waals surface area contributed by atoms with E-state index in [1.165, 1.54) is 13.3 Å². The number of carbonyl (C=O) groups excluding carboxylic acids is 4. The fourth-order valence-electron chi connectivity index (χ4n) is 5.45. The van der Waals surface area contributed by atoms with Crippen LogP contribution in [0, 0.1) is 24.7 Å². The summed E-state index contributed by atoms with van der Waals surface area (Å²) in [6.07, 6.45) is 5.25. The lowest BCUT2D eigenvalue weighted by atomic mass is 9.70. The van der Waals surface area contributed by atoms with E-state index in [0.29, 0.717) is 24.0 Å². The molecule has 0 heterocycles. The van der Waals surface area contributed by atoms with Gasteiger partial charge in [0.2, 0.25) is 0 Å². The third-order valence-electron chi connectivity index (χ3n) is 7.52. The van der Waals surface area contributed by atoms with E-state index in [9.17, 15) is 19.2 Å². The van der Waals surface area contributed by atoms with Crippen molar-refractivity contribution in [2.24, 2.45) is 17.8 Å². The van der Waals surface area contributed by atoms with Gasteiger partial charge in [-0.2, -0.15) is 0 Å². The molecule has 0 bridgehead atoms. The molecule has 35 heavy (non-hydrogen) atoms. The van der Waals surface area contributed by atoms with Gasteiger partial charge < -0.3 is 0 Å². The molecule has 3 unspecified atom stereocenters. The second-order valence-electron chi connectivity index (χ2n) is 10.9. The highest BCUT2D eigenvalue weighted by Gasteiger charge is 2.38. The molecule has 0 saturated heterocycles. The molecule has 3 atom stereocenters. The van der Waals surface area contributed by atoms with Crippen LogP contribution in [-0.2, 0) is 15.0 Å². The van der Waals surface area contributed by atoms with Crippen molar-refractivity contribution in [3.63, 3.8) is 0 Å². The highest BCUT2D eigenvalue weighted by Crippen LogP contribution is 2.39. The molecule has 0 N–H and O–H groups in total. The first-order valence-corrected chi connectivity index (χ1v) is 13.6. The Hall–Kier alpha value is -2.10. The Morgan fingerprint density at radius 3 is 2.14 bits per heavy atom. The van der Waals surface area contributed by atoms with Crippen LogP contribution in [0.15, 0.2) is 12.1 Å². The average Bonchev–Trinajstić information content (AvgIpc) is 2.77. The largest absolute Gasteiger partial charge is 0.300 e. The molecule has 2 rings (SSSR count). The van der Waals surface area contributed by atoms with Crippen LogP contribution >= 0.6 is 0 Å². The predicted octanol–water partition coefficient (Wildman–Crippen LogP) is 7.87. The maximum absolute atomic E-state index is 13.5. The van der Waals surface area contributed by atoms with E-state index in [1.807, 2.05) is 26.0 Å². The number of ketones is 4. The van der Waals surface area contributed by atoms with Crippen LogP contribution in [0.3, 0.4) is 0 Å². The first-order chi connectivity index (χ1) is 16.4. The summed E-state index contributed by atoms with van der Waals surface area (Å²) < 4.78 is 0. The molecule has 196 valence electrons. The summed E-state index contributed by atoms with van der Waals surface area (Å²) in [5.74, 6) is -0.710. The molecule has 0 fully saturated rings. The summed E-state index contributed by atoms with van der Waals surface area (Å²) in [6.45, 7) is 18.2. The summed E-state index contributed by atoms with van der Waals surface area (Å²) in [5.41, 5.74) is 3.13. The lowest BCUT2D eigenvalue weighted by Gasteiger charge is -2.32. The summed E-state index contributed by atoms with van der Waals surface area (Å²) in [5, 5.41) is 0. The molecule has 0 amide bonds. The van der Waals surface area contributed by atoms with Crippen molar-refractivity contribution in [1.29, 1.82) is 0 Å². The zero-order valence-corrected chi connectivity index (χ0v) is 23.7. The third-order valence-corrected chi connectivity index (χ3v) is 7.52. The van der Waals surface area contributed by atoms with Crippen LogP contribution in [-0.4, -0.2) is 23.1 Å². The molecule has 0 radical (unpaired) electrons. The van der Waals surface area contributed by atoms with Gasteiger partial charge in [0.05, 0.1) is 6.42 Å². The van der Waals surface area contributed by atoms with Crippen molar-refractivity contribution in [3.05, 3.63) is 34.4 Å². The van der Waals surface area contributed by atoms with Crippen molar-refractivity contribution in [2.45, 2.75) is 119 Å². The summed E-state index contributed by atoms with van der Waals surface area (Å²) >= 11 is 0. The van der Waals surface area contributed by atoms with E-state index < -0.39 is 5.92 Å². The van der Waals surface area contributed by atoms with Crippen molar-refractivity contribution < 1.29 is 19.2 Å². The molecule has 0 aromatic heterocycles. The Labute approximate surface area is 213 Å². The molecule has 1 aromatic carbocycles. The predicted molar refractivity (Wildman–Crippen MR) is 144 cm³/mol. The molecule has 1 aromatic rings. The number of hydrogen-bond donors (Lipinski definition) is 0. The quantitative estimate of drug-likeness (QED) is 0.300. The monoisotopic (exact) mass is 484 g/mol. The van der Waals surface area contributed by atoms with Crippen LogP contribution in [0.25, 0.3) is 0 Å². The number of carbonyl (C=O) groups is 4. The van der Waals surface area contributed by atoms with Gasteiger partial charge in [0.25, 0.3) is 0 Å². The Kier molecular flexibility index (Phi) is 12.2. The smallest absolute Gasteiger partial charge is 0.167 e. The van der Waals surface area contributed by atoms with Crippen LogP contribution in [0.4, 0.5) is 0 Å². The number of benzene rings is 1. The minimum atomic E-state index is -0.393. The van der Waals surface area contributed by atoms with Gasteiger partial charge in [0, 0.05) is 29.4 Å². The van der Waals surface area contributed by atoms with E-state index in [4.69, 9.17) is 0 Å². The zero-order valence-electron chi connectivity index (χ0n) is 23.7. The van der Waals surface area contributed by atoms with Gasteiger partial charge in [0.1, 0.15) is 11.6 Å². The summed E-state index contributed by atoms with van der Waals surface area (Å²) in [6, 6.07) is 3.86. The standard InChI is InChI=1S/C28H40O4.C3H8/c1-8-11-19(21(9-2)24(30)14-17(4)29)15-20-16-25(31)26-18(5)23(28(6,7)10-3)13-12-22(26)27(20)32;1-3-2/h12-13,19-21H,8-11,14-16H2,1-7H3;3H2,1-2H3. The molecule has 1 aliphatic rings. The molecular formula is C31H48O4. The fourth-order valence-corrected chi connectivity index (χ4v) is 5.45. The molecular weight excluding hydrogens is 436 g/mol. The van der Waals surface area contributed by atoms with E-state index in [-0.39, 0.29) is 53.2 Å². The highest BCUT2D eigenvalue weighted by molar-refractivity contribution is 6.15. The van der Waals surface area contributed by atoms with Crippen LogP contribution < -0.4 is 0 Å². The molecule has 0 aliphatic heterocycles. The van der Waals surface area contributed by atoms with Gasteiger partial charge in [-0.05, 0) is 62.0 Å². The fraction of sp³-hybridized carbons (Fsp3) is 0.677. The SMILES string of the molecule is CCC.CCCC(CC1CC(=O)c2c(ccc(C(C)(C)CC)c2C)C1=O)C(CC)C(=O)CC(C)=O. The lowest BCUT2D eigenvalue weighted by Crippen LogP contribution is -2.33. The lowest BCUT2D eigenvalue weighted by molar-refractivity contribution is -0.129. The first kappa shape index (κ1) is 30.9. The number of Topliss-reactive ketones (excluding diaryl/α,β-unsaturated/α-hetero) is 4. The van der Waals surface area contributed by atoms with E-state index in [0.717, 1.165) is 30.4 Å². The molecule has 1 aliphatic carbocycles. The Balaban J connectivity index is 0.00000194.